The van der Waals surface area contributed by atoms with Crippen LogP contribution >= 0.6 is 11.3 Å². The molecule has 0 amide bonds. The number of rotatable bonds is 7. The Kier molecular flexibility index (Phi) is 4.95. The normalized spacial score (nSPS) is 10.8. The second kappa shape index (κ2) is 7.30. The molecule has 3 aromatic rings. The molecule has 0 spiro atoms. The fourth-order valence-corrected chi connectivity index (χ4v) is 3.25. The predicted octanol–water partition coefficient (Wildman–Crippen LogP) is 2.96. The van der Waals surface area contributed by atoms with Crippen LogP contribution in [0.2, 0.25) is 0 Å². The number of carbonyl (C=O) groups excluding carboxylic acids is 1. The van der Waals surface area contributed by atoms with Gasteiger partial charge in [-0.15, -0.1) is 11.3 Å². The van der Waals surface area contributed by atoms with Gasteiger partial charge in [0.25, 0.3) is 0 Å². The van der Waals surface area contributed by atoms with Crippen LogP contribution in [-0.2, 0) is 24.3 Å². The van der Waals surface area contributed by atoms with E-state index in [2.05, 4.69) is 9.97 Å². The molecule has 3 aromatic heterocycles. The summed E-state index contributed by atoms with van der Waals surface area (Å²) in [7, 11) is 1.65. The Bertz CT molecular complexity index is 780. The molecule has 0 aliphatic rings. The molecule has 23 heavy (non-hydrogen) atoms. The fraction of sp³-hybridized carbons (Fsp3) is 0.235. The summed E-state index contributed by atoms with van der Waals surface area (Å²) in [5.41, 5.74) is 1.81. The summed E-state index contributed by atoms with van der Waals surface area (Å²) < 4.78 is 7.04. The van der Waals surface area contributed by atoms with Crippen LogP contribution in [-0.4, -0.2) is 27.4 Å². The molecule has 0 aliphatic carbocycles. The minimum atomic E-state index is 0.0716. The minimum absolute atomic E-state index is 0.0716. The van der Waals surface area contributed by atoms with Gasteiger partial charge in [0.1, 0.15) is 5.01 Å². The van der Waals surface area contributed by atoms with E-state index in [9.17, 15) is 4.79 Å². The Balaban J connectivity index is 1.71. The number of pyridine rings is 1. The van der Waals surface area contributed by atoms with Gasteiger partial charge in [-0.25, -0.2) is 4.98 Å². The van der Waals surface area contributed by atoms with E-state index in [1.165, 1.54) is 11.3 Å². The van der Waals surface area contributed by atoms with Crippen molar-refractivity contribution in [3.05, 3.63) is 70.2 Å². The molecule has 0 aromatic carbocycles. The van der Waals surface area contributed by atoms with Gasteiger partial charge in [-0.1, -0.05) is 0 Å². The van der Waals surface area contributed by atoms with E-state index >= 15 is 0 Å². The van der Waals surface area contributed by atoms with Crippen LogP contribution in [0.1, 0.15) is 25.9 Å². The van der Waals surface area contributed by atoms with E-state index in [1.807, 2.05) is 35.0 Å². The standard InChI is InChI=1S/C17H17N3O2S/c1-22-12-14-10-19-17(23-14)9-16(21)15-3-2-8-20(15)11-13-4-6-18-7-5-13/h2-8,10H,9,11-12H2,1H3. The van der Waals surface area contributed by atoms with Crippen LogP contribution in [0.25, 0.3) is 0 Å². The van der Waals surface area contributed by atoms with Crippen molar-refractivity contribution in [1.29, 1.82) is 0 Å². The summed E-state index contributed by atoms with van der Waals surface area (Å²) in [5.74, 6) is 0.0716. The predicted molar refractivity (Wildman–Crippen MR) is 88.6 cm³/mol. The molecule has 0 fully saturated rings. The minimum Gasteiger partial charge on any atom is -0.379 e. The van der Waals surface area contributed by atoms with E-state index in [0.717, 1.165) is 15.4 Å². The quantitative estimate of drug-likeness (QED) is 0.626. The highest BCUT2D eigenvalue weighted by atomic mass is 32.1. The lowest BCUT2D eigenvalue weighted by molar-refractivity contribution is 0.0984. The summed E-state index contributed by atoms with van der Waals surface area (Å²) in [6.45, 7) is 1.19. The van der Waals surface area contributed by atoms with Crippen molar-refractivity contribution in [1.82, 2.24) is 14.5 Å². The molecule has 0 saturated carbocycles. The lowest BCUT2D eigenvalue weighted by atomic mass is 10.2. The number of Topliss-reactive ketones (excluding diaryl/α,β-unsaturated/α-hetero) is 1. The Morgan fingerprint density at radius 1 is 1.30 bits per heavy atom. The SMILES string of the molecule is COCc1cnc(CC(=O)c2cccn2Cc2ccncc2)s1. The molecular weight excluding hydrogens is 310 g/mol. The number of hydrogen-bond donors (Lipinski definition) is 0. The molecule has 3 heterocycles. The van der Waals surface area contributed by atoms with E-state index < -0.39 is 0 Å². The summed E-state index contributed by atoms with van der Waals surface area (Å²) in [4.78, 5) is 21.9. The van der Waals surface area contributed by atoms with Crippen LogP contribution in [0.4, 0.5) is 0 Å². The van der Waals surface area contributed by atoms with Crippen molar-refractivity contribution < 1.29 is 9.53 Å². The first-order valence-corrected chi connectivity index (χ1v) is 8.07. The zero-order valence-electron chi connectivity index (χ0n) is 12.8. The maximum Gasteiger partial charge on any atom is 0.186 e. The molecule has 0 radical (unpaired) electrons. The van der Waals surface area contributed by atoms with Crippen LogP contribution in [0.15, 0.2) is 49.1 Å². The molecule has 0 N–H and O–H groups in total. The number of hydrogen-bond acceptors (Lipinski definition) is 5. The van der Waals surface area contributed by atoms with E-state index in [-0.39, 0.29) is 5.78 Å². The number of aromatic nitrogens is 3. The van der Waals surface area contributed by atoms with E-state index in [0.29, 0.717) is 25.3 Å². The molecule has 3 rings (SSSR count). The highest BCUT2D eigenvalue weighted by molar-refractivity contribution is 7.11. The van der Waals surface area contributed by atoms with Gasteiger partial charge in [-0.3, -0.25) is 9.78 Å². The first kappa shape index (κ1) is 15.6. The van der Waals surface area contributed by atoms with Gasteiger partial charge in [0.2, 0.25) is 0 Å². The highest BCUT2D eigenvalue weighted by Gasteiger charge is 2.14. The van der Waals surface area contributed by atoms with Crippen LogP contribution < -0.4 is 0 Å². The summed E-state index contributed by atoms with van der Waals surface area (Å²) in [6, 6.07) is 7.65. The Labute approximate surface area is 138 Å². The maximum atomic E-state index is 12.6. The van der Waals surface area contributed by atoms with E-state index in [1.54, 1.807) is 25.7 Å². The third kappa shape index (κ3) is 3.91. The van der Waals surface area contributed by atoms with Crippen LogP contribution in [0, 0.1) is 0 Å². The Morgan fingerprint density at radius 3 is 2.91 bits per heavy atom. The average molecular weight is 327 g/mol. The third-order valence-corrected chi connectivity index (χ3v) is 4.39. The molecular formula is C17H17N3O2S. The number of carbonyl (C=O) groups is 1. The number of thiazole rings is 1. The van der Waals surface area contributed by atoms with Gasteiger partial charge in [0, 0.05) is 38.4 Å². The Hall–Kier alpha value is -2.31. The first-order valence-electron chi connectivity index (χ1n) is 7.26. The topological polar surface area (TPSA) is 57.0 Å². The van der Waals surface area contributed by atoms with Crippen molar-refractivity contribution in [3.8, 4) is 0 Å². The van der Waals surface area contributed by atoms with Crippen molar-refractivity contribution in [2.45, 2.75) is 19.6 Å². The van der Waals surface area contributed by atoms with Gasteiger partial charge in [-0.2, -0.15) is 0 Å². The average Bonchev–Trinajstić information content (AvgIpc) is 3.18. The third-order valence-electron chi connectivity index (χ3n) is 3.42. The van der Waals surface area contributed by atoms with Crippen LogP contribution in [0.5, 0.6) is 0 Å². The van der Waals surface area contributed by atoms with Gasteiger partial charge in [0.15, 0.2) is 5.78 Å². The summed E-state index contributed by atoms with van der Waals surface area (Å²) >= 11 is 1.52. The Morgan fingerprint density at radius 2 is 2.13 bits per heavy atom. The van der Waals surface area contributed by atoms with Gasteiger partial charge in [-0.05, 0) is 29.8 Å². The van der Waals surface area contributed by atoms with Crippen molar-refractivity contribution in [2.24, 2.45) is 0 Å². The molecule has 0 unspecified atom stereocenters. The molecule has 0 bridgehead atoms. The number of methoxy groups -OCH3 is 1. The monoisotopic (exact) mass is 327 g/mol. The number of nitrogens with zero attached hydrogens (tertiary/aromatic N) is 3. The summed E-state index contributed by atoms with van der Waals surface area (Å²) in [5, 5.41) is 0.818. The first-order chi connectivity index (χ1) is 11.3. The molecule has 5 nitrogen and oxygen atoms in total. The van der Waals surface area contributed by atoms with E-state index in [4.69, 9.17) is 4.74 Å². The van der Waals surface area contributed by atoms with Gasteiger partial charge in [0.05, 0.1) is 23.6 Å². The lowest BCUT2D eigenvalue weighted by Gasteiger charge is -2.08. The zero-order chi connectivity index (χ0) is 16.1. The smallest absolute Gasteiger partial charge is 0.186 e. The number of ether oxygens (including phenoxy) is 1. The lowest BCUT2D eigenvalue weighted by Crippen LogP contribution is -2.11. The molecule has 0 aliphatic heterocycles. The molecule has 0 saturated heterocycles. The van der Waals surface area contributed by atoms with Crippen molar-refractivity contribution >= 4 is 17.1 Å². The van der Waals surface area contributed by atoms with Crippen LogP contribution in [0.3, 0.4) is 0 Å². The fourth-order valence-electron chi connectivity index (χ4n) is 2.36. The molecule has 118 valence electrons. The maximum absolute atomic E-state index is 12.6. The van der Waals surface area contributed by atoms with Gasteiger partial charge < -0.3 is 9.30 Å². The van der Waals surface area contributed by atoms with Crippen molar-refractivity contribution in [2.75, 3.05) is 7.11 Å². The largest absolute Gasteiger partial charge is 0.379 e. The van der Waals surface area contributed by atoms with Gasteiger partial charge >= 0.3 is 0 Å². The second-order valence-electron chi connectivity index (χ2n) is 5.13. The number of ketones is 1. The second-order valence-corrected chi connectivity index (χ2v) is 6.33. The molecule has 0 atom stereocenters. The molecule has 6 heteroatoms. The summed E-state index contributed by atoms with van der Waals surface area (Å²) in [6.07, 6.45) is 7.52. The highest BCUT2D eigenvalue weighted by Crippen LogP contribution is 2.17. The van der Waals surface area contributed by atoms with Crippen molar-refractivity contribution in [3.63, 3.8) is 0 Å². The zero-order valence-corrected chi connectivity index (χ0v) is 13.6.